The molecule has 0 fully saturated rings. The zero-order valence-electron chi connectivity index (χ0n) is 7.26. The van der Waals surface area contributed by atoms with Gasteiger partial charge in [-0.1, -0.05) is 30.3 Å². The lowest BCUT2D eigenvalue weighted by Gasteiger charge is -2.12. The van der Waals surface area contributed by atoms with E-state index >= 15 is 0 Å². The van der Waals surface area contributed by atoms with E-state index in [2.05, 4.69) is 0 Å². The van der Waals surface area contributed by atoms with Gasteiger partial charge in [-0.2, -0.15) is 0 Å². The monoisotopic (exact) mass is 179 g/mol. The SMILES string of the molecule is N[C@H](Cc1ccccc1)[C@H](O)C=O. The molecule has 0 aliphatic rings. The molecule has 2 atom stereocenters. The molecule has 0 spiro atoms. The Kier molecular flexibility index (Phi) is 3.61. The zero-order valence-corrected chi connectivity index (χ0v) is 7.26. The average Bonchev–Trinajstić information content (AvgIpc) is 2.18. The van der Waals surface area contributed by atoms with Crippen LogP contribution in [0.25, 0.3) is 0 Å². The number of aliphatic hydroxyl groups is 1. The molecular formula is C10H13NO2. The molecule has 0 saturated carbocycles. The van der Waals surface area contributed by atoms with Crippen molar-refractivity contribution in [3.8, 4) is 0 Å². The van der Waals surface area contributed by atoms with Crippen molar-refractivity contribution in [2.75, 3.05) is 0 Å². The van der Waals surface area contributed by atoms with Crippen molar-refractivity contribution in [1.82, 2.24) is 0 Å². The molecule has 0 aliphatic carbocycles. The van der Waals surface area contributed by atoms with Gasteiger partial charge < -0.3 is 15.6 Å². The number of benzene rings is 1. The molecule has 70 valence electrons. The Hall–Kier alpha value is -1.19. The lowest BCUT2D eigenvalue weighted by molar-refractivity contribution is -0.115. The molecule has 0 amide bonds. The van der Waals surface area contributed by atoms with Gasteiger partial charge in [0.25, 0.3) is 0 Å². The summed E-state index contributed by atoms with van der Waals surface area (Å²) in [5.41, 5.74) is 6.60. The Morgan fingerprint density at radius 3 is 2.54 bits per heavy atom. The number of rotatable bonds is 4. The Morgan fingerprint density at radius 2 is 2.00 bits per heavy atom. The molecule has 0 heterocycles. The van der Waals surface area contributed by atoms with Gasteiger partial charge >= 0.3 is 0 Å². The van der Waals surface area contributed by atoms with E-state index < -0.39 is 12.1 Å². The van der Waals surface area contributed by atoms with Crippen LogP contribution in [0, 0.1) is 0 Å². The minimum Gasteiger partial charge on any atom is -0.384 e. The van der Waals surface area contributed by atoms with Gasteiger partial charge in [-0.15, -0.1) is 0 Å². The van der Waals surface area contributed by atoms with Crippen LogP contribution in [-0.2, 0) is 11.2 Å². The number of carbonyl (C=O) groups is 1. The number of aldehydes is 1. The summed E-state index contributed by atoms with van der Waals surface area (Å²) in [6.45, 7) is 0. The Balaban J connectivity index is 2.54. The van der Waals surface area contributed by atoms with Crippen LogP contribution in [-0.4, -0.2) is 23.5 Å². The van der Waals surface area contributed by atoms with Gasteiger partial charge in [-0.3, -0.25) is 0 Å². The van der Waals surface area contributed by atoms with Crippen molar-refractivity contribution in [2.24, 2.45) is 5.73 Å². The van der Waals surface area contributed by atoms with Crippen LogP contribution in [0.5, 0.6) is 0 Å². The third-order valence-corrected chi connectivity index (χ3v) is 1.89. The van der Waals surface area contributed by atoms with Gasteiger partial charge in [-0.25, -0.2) is 0 Å². The molecule has 3 nitrogen and oxygen atoms in total. The van der Waals surface area contributed by atoms with Gasteiger partial charge in [0.2, 0.25) is 0 Å². The smallest absolute Gasteiger partial charge is 0.150 e. The second-order valence-corrected chi connectivity index (χ2v) is 2.98. The topological polar surface area (TPSA) is 63.3 Å². The molecule has 13 heavy (non-hydrogen) atoms. The van der Waals surface area contributed by atoms with Crippen LogP contribution in [0.1, 0.15) is 5.56 Å². The molecule has 0 saturated heterocycles. The fourth-order valence-corrected chi connectivity index (χ4v) is 1.11. The van der Waals surface area contributed by atoms with Crippen molar-refractivity contribution in [3.05, 3.63) is 35.9 Å². The lowest BCUT2D eigenvalue weighted by atomic mass is 10.0. The summed E-state index contributed by atoms with van der Waals surface area (Å²) in [7, 11) is 0. The van der Waals surface area contributed by atoms with E-state index in [0.29, 0.717) is 12.7 Å². The highest BCUT2D eigenvalue weighted by Gasteiger charge is 2.13. The molecule has 0 aromatic heterocycles. The molecule has 1 rings (SSSR count). The first-order chi connectivity index (χ1) is 6.24. The van der Waals surface area contributed by atoms with E-state index in [1.807, 2.05) is 30.3 Å². The highest BCUT2D eigenvalue weighted by Crippen LogP contribution is 2.03. The van der Waals surface area contributed by atoms with E-state index in [9.17, 15) is 4.79 Å². The van der Waals surface area contributed by atoms with Crippen LogP contribution in [0.3, 0.4) is 0 Å². The fourth-order valence-electron chi connectivity index (χ4n) is 1.11. The van der Waals surface area contributed by atoms with E-state index in [-0.39, 0.29) is 0 Å². The first kappa shape index (κ1) is 9.89. The quantitative estimate of drug-likeness (QED) is 0.645. The van der Waals surface area contributed by atoms with Crippen molar-refractivity contribution < 1.29 is 9.90 Å². The molecule has 1 aromatic rings. The van der Waals surface area contributed by atoms with E-state index in [4.69, 9.17) is 10.8 Å². The summed E-state index contributed by atoms with van der Waals surface area (Å²) in [4.78, 5) is 10.2. The van der Waals surface area contributed by atoms with Gasteiger partial charge in [0.15, 0.2) is 0 Å². The largest absolute Gasteiger partial charge is 0.384 e. The molecule has 1 aromatic carbocycles. The van der Waals surface area contributed by atoms with Crippen molar-refractivity contribution in [1.29, 1.82) is 0 Å². The van der Waals surface area contributed by atoms with E-state index in [0.717, 1.165) is 5.56 Å². The summed E-state index contributed by atoms with van der Waals surface area (Å²) in [5.74, 6) is 0. The maximum Gasteiger partial charge on any atom is 0.150 e. The normalized spacial score (nSPS) is 14.9. The predicted molar refractivity (Wildman–Crippen MR) is 50.2 cm³/mol. The van der Waals surface area contributed by atoms with Crippen molar-refractivity contribution in [2.45, 2.75) is 18.6 Å². The van der Waals surface area contributed by atoms with E-state index in [1.165, 1.54) is 0 Å². The predicted octanol–water partition coefficient (Wildman–Crippen LogP) is 0.116. The molecule has 0 aliphatic heterocycles. The molecular weight excluding hydrogens is 166 g/mol. The summed E-state index contributed by atoms with van der Waals surface area (Å²) in [6.07, 6.45) is -0.0887. The van der Waals surface area contributed by atoms with Gasteiger partial charge in [-0.05, 0) is 12.0 Å². The van der Waals surface area contributed by atoms with Crippen LogP contribution in [0.2, 0.25) is 0 Å². The van der Waals surface area contributed by atoms with Crippen molar-refractivity contribution >= 4 is 6.29 Å². The van der Waals surface area contributed by atoms with Gasteiger partial charge in [0.1, 0.15) is 12.4 Å². The maximum absolute atomic E-state index is 10.2. The molecule has 3 N–H and O–H groups in total. The molecule has 0 unspecified atom stereocenters. The van der Waals surface area contributed by atoms with E-state index in [1.54, 1.807) is 0 Å². The minimum absolute atomic E-state index is 0.466. The second kappa shape index (κ2) is 4.74. The lowest BCUT2D eigenvalue weighted by Crippen LogP contribution is -2.37. The summed E-state index contributed by atoms with van der Waals surface area (Å²) < 4.78 is 0. The third kappa shape index (κ3) is 2.97. The van der Waals surface area contributed by atoms with Crippen molar-refractivity contribution in [3.63, 3.8) is 0 Å². The summed E-state index contributed by atoms with van der Waals surface area (Å²) in [6, 6.07) is 9.02. The first-order valence-electron chi connectivity index (χ1n) is 4.17. The number of nitrogens with two attached hydrogens (primary N) is 1. The summed E-state index contributed by atoms with van der Waals surface area (Å²) in [5, 5.41) is 9.09. The third-order valence-electron chi connectivity index (χ3n) is 1.89. The first-order valence-corrected chi connectivity index (χ1v) is 4.17. The number of hydrogen-bond acceptors (Lipinski definition) is 3. The van der Waals surface area contributed by atoms with Crippen LogP contribution < -0.4 is 5.73 Å². The molecule has 3 heteroatoms. The minimum atomic E-state index is -1.07. The Labute approximate surface area is 77.2 Å². The molecule has 0 radical (unpaired) electrons. The molecule has 0 bridgehead atoms. The maximum atomic E-state index is 10.2. The number of hydrogen-bond donors (Lipinski definition) is 2. The summed E-state index contributed by atoms with van der Waals surface area (Å²) >= 11 is 0. The Bertz CT molecular complexity index is 261. The zero-order chi connectivity index (χ0) is 9.68. The van der Waals surface area contributed by atoms with Crippen LogP contribution in [0.4, 0.5) is 0 Å². The van der Waals surface area contributed by atoms with Gasteiger partial charge in [0.05, 0.1) is 0 Å². The van der Waals surface area contributed by atoms with Crippen LogP contribution in [0.15, 0.2) is 30.3 Å². The number of carbonyl (C=O) groups excluding carboxylic acids is 1. The van der Waals surface area contributed by atoms with Crippen LogP contribution >= 0.6 is 0 Å². The highest BCUT2D eigenvalue weighted by molar-refractivity contribution is 5.56. The Morgan fingerprint density at radius 1 is 1.38 bits per heavy atom. The average molecular weight is 179 g/mol. The standard InChI is InChI=1S/C10H13NO2/c11-9(10(13)7-12)6-8-4-2-1-3-5-8/h1-5,7,9-10,13H,6,11H2/t9-,10-/m1/s1. The highest BCUT2D eigenvalue weighted by atomic mass is 16.3. The fraction of sp³-hybridized carbons (Fsp3) is 0.300. The second-order valence-electron chi connectivity index (χ2n) is 2.98. The van der Waals surface area contributed by atoms with Gasteiger partial charge in [0, 0.05) is 6.04 Å². The number of aliphatic hydroxyl groups excluding tert-OH is 1.